The van der Waals surface area contributed by atoms with Gasteiger partial charge >= 0.3 is 0 Å². The van der Waals surface area contributed by atoms with E-state index in [2.05, 4.69) is 19.1 Å². The average Bonchev–Trinajstić information content (AvgIpc) is 2.81. The minimum atomic E-state index is 0.183. The first-order valence-electron chi connectivity index (χ1n) is 6.65. The number of likely N-dealkylation sites (tertiary alicyclic amines) is 1. The molecule has 98 valence electrons. The molecule has 0 radical (unpaired) electrons. The molecule has 1 amide bonds. The summed E-state index contributed by atoms with van der Waals surface area (Å²) in [7, 11) is 0. The molecule has 2 rings (SSSR count). The number of carbonyl (C=O) groups is 1. The maximum Gasteiger partial charge on any atom is 0.226 e. The Morgan fingerprint density at radius 3 is 2.67 bits per heavy atom. The van der Waals surface area contributed by atoms with Crippen LogP contribution in [-0.2, 0) is 11.2 Å². The van der Waals surface area contributed by atoms with E-state index in [1.54, 1.807) is 0 Å². The van der Waals surface area contributed by atoms with E-state index in [1.165, 1.54) is 5.56 Å². The topological polar surface area (TPSA) is 46.3 Å². The summed E-state index contributed by atoms with van der Waals surface area (Å²) in [6.45, 7) is 5.76. The zero-order valence-corrected chi connectivity index (χ0v) is 11.2. The van der Waals surface area contributed by atoms with Crippen molar-refractivity contribution in [3.05, 3.63) is 35.4 Å². The fourth-order valence-corrected chi connectivity index (χ4v) is 2.44. The normalized spacial score (nSPS) is 21.1. The summed E-state index contributed by atoms with van der Waals surface area (Å²) in [5.74, 6) is 0.689. The van der Waals surface area contributed by atoms with Crippen LogP contribution in [0, 0.1) is 12.8 Å². The highest BCUT2D eigenvalue weighted by Gasteiger charge is 2.28. The Labute approximate surface area is 109 Å². The SMILES string of the molecule is Cc1ccc(CC(=O)N2CCC(C(C)N)C2)cc1. The molecule has 0 spiro atoms. The number of nitrogens with zero attached hydrogens (tertiary/aromatic N) is 1. The molecule has 3 heteroatoms. The largest absolute Gasteiger partial charge is 0.342 e. The lowest BCUT2D eigenvalue weighted by atomic mass is 10.0. The zero-order valence-electron chi connectivity index (χ0n) is 11.2. The number of rotatable bonds is 3. The van der Waals surface area contributed by atoms with Crippen LogP contribution in [-0.4, -0.2) is 29.9 Å². The predicted octanol–water partition coefficient (Wildman–Crippen LogP) is 1.73. The fourth-order valence-electron chi connectivity index (χ4n) is 2.44. The minimum absolute atomic E-state index is 0.183. The minimum Gasteiger partial charge on any atom is -0.342 e. The van der Waals surface area contributed by atoms with Crippen molar-refractivity contribution in [2.75, 3.05) is 13.1 Å². The number of nitrogens with two attached hydrogens (primary N) is 1. The molecule has 1 aliphatic heterocycles. The average molecular weight is 246 g/mol. The Kier molecular flexibility index (Phi) is 4.02. The van der Waals surface area contributed by atoms with Gasteiger partial charge in [0.05, 0.1) is 6.42 Å². The number of hydrogen-bond acceptors (Lipinski definition) is 2. The Morgan fingerprint density at radius 2 is 2.11 bits per heavy atom. The van der Waals surface area contributed by atoms with Crippen LogP contribution in [0.25, 0.3) is 0 Å². The number of carbonyl (C=O) groups excluding carboxylic acids is 1. The third-order valence-electron chi connectivity index (χ3n) is 3.80. The lowest BCUT2D eigenvalue weighted by Crippen LogP contribution is -2.33. The molecule has 2 atom stereocenters. The van der Waals surface area contributed by atoms with Gasteiger partial charge in [0.2, 0.25) is 5.91 Å². The van der Waals surface area contributed by atoms with Crippen molar-refractivity contribution in [3.63, 3.8) is 0 Å². The van der Waals surface area contributed by atoms with Gasteiger partial charge < -0.3 is 10.6 Å². The van der Waals surface area contributed by atoms with E-state index in [0.29, 0.717) is 12.3 Å². The summed E-state index contributed by atoms with van der Waals surface area (Å²) < 4.78 is 0. The van der Waals surface area contributed by atoms with Crippen LogP contribution < -0.4 is 5.73 Å². The van der Waals surface area contributed by atoms with Crippen molar-refractivity contribution in [2.24, 2.45) is 11.7 Å². The van der Waals surface area contributed by atoms with Crippen molar-refractivity contribution in [2.45, 2.75) is 32.7 Å². The summed E-state index contributed by atoms with van der Waals surface area (Å²) in [5.41, 5.74) is 8.21. The van der Waals surface area contributed by atoms with E-state index in [9.17, 15) is 4.79 Å². The summed E-state index contributed by atoms with van der Waals surface area (Å²) in [5, 5.41) is 0. The molecule has 3 nitrogen and oxygen atoms in total. The van der Waals surface area contributed by atoms with Crippen molar-refractivity contribution < 1.29 is 4.79 Å². The second kappa shape index (κ2) is 5.53. The second-order valence-electron chi connectivity index (χ2n) is 5.41. The Hall–Kier alpha value is -1.35. The first-order valence-corrected chi connectivity index (χ1v) is 6.65. The van der Waals surface area contributed by atoms with Gasteiger partial charge in [0.15, 0.2) is 0 Å². The van der Waals surface area contributed by atoms with Crippen LogP contribution in [0.4, 0.5) is 0 Å². The molecule has 0 aliphatic carbocycles. The molecular formula is C15H22N2O. The lowest BCUT2D eigenvalue weighted by molar-refractivity contribution is -0.129. The van der Waals surface area contributed by atoms with E-state index < -0.39 is 0 Å². The first kappa shape index (κ1) is 13.1. The Bertz CT molecular complexity index is 411. The van der Waals surface area contributed by atoms with Gasteiger partial charge in [-0.05, 0) is 31.7 Å². The molecule has 0 bridgehead atoms. The third-order valence-corrected chi connectivity index (χ3v) is 3.80. The molecule has 2 unspecified atom stereocenters. The van der Waals surface area contributed by atoms with Crippen molar-refractivity contribution in [1.29, 1.82) is 0 Å². The molecule has 1 aromatic rings. The van der Waals surface area contributed by atoms with E-state index in [0.717, 1.165) is 25.1 Å². The third kappa shape index (κ3) is 3.10. The highest BCUT2D eigenvalue weighted by molar-refractivity contribution is 5.79. The maximum absolute atomic E-state index is 12.2. The molecule has 1 aliphatic rings. The number of amides is 1. The summed E-state index contributed by atoms with van der Waals surface area (Å²) in [4.78, 5) is 14.1. The van der Waals surface area contributed by atoms with Crippen molar-refractivity contribution in [1.82, 2.24) is 4.90 Å². The van der Waals surface area contributed by atoms with Crippen LogP contribution in [0.3, 0.4) is 0 Å². The van der Waals surface area contributed by atoms with E-state index >= 15 is 0 Å². The van der Waals surface area contributed by atoms with Crippen molar-refractivity contribution in [3.8, 4) is 0 Å². The van der Waals surface area contributed by atoms with Crippen LogP contribution in [0.1, 0.15) is 24.5 Å². The second-order valence-corrected chi connectivity index (χ2v) is 5.41. The molecule has 1 aromatic carbocycles. The van der Waals surface area contributed by atoms with Crippen molar-refractivity contribution >= 4 is 5.91 Å². The van der Waals surface area contributed by atoms with E-state index in [4.69, 9.17) is 5.73 Å². The van der Waals surface area contributed by atoms with Gasteiger partial charge in [0, 0.05) is 19.1 Å². The van der Waals surface area contributed by atoms with E-state index in [-0.39, 0.29) is 11.9 Å². The van der Waals surface area contributed by atoms with E-state index in [1.807, 2.05) is 24.0 Å². The smallest absolute Gasteiger partial charge is 0.226 e. The molecule has 1 heterocycles. The van der Waals surface area contributed by atoms with Crippen LogP contribution in [0.5, 0.6) is 0 Å². The van der Waals surface area contributed by atoms with Gasteiger partial charge in [-0.1, -0.05) is 29.8 Å². The Balaban J connectivity index is 1.91. The molecule has 1 fully saturated rings. The molecule has 0 aromatic heterocycles. The molecule has 18 heavy (non-hydrogen) atoms. The predicted molar refractivity (Wildman–Crippen MR) is 73.2 cm³/mol. The lowest BCUT2D eigenvalue weighted by Gasteiger charge is -2.18. The standard InChI is InChI=1S/C15H22N2O/c1-11-3-5-13(6-4-11)9-15(18)17-8-7-14(10-17)12(2)16/h3-6,12,14H,7-10,16H2,1-2H3. The summed E-state index contributed by atoms with van der Waals surface area (Å²) >= 11 is 0. The summed E-state index contributed by atoms with van der Waals surface area (Å²) in [6.07, 6.45) is 1.54. The highest BCUT2D eigenvalue weighted by Crippen LogP contribution is 2.19. The number of hydrogen-bond donors (Lipinski definition) is 1. The quantitative estimate of drug-likeness (QED) is 0.883. The van der Waals surface area contributed by atoms with Crippen LogP contribution in [0.2, 0.25) is 0 Å². The monoisotopic (exact) mass is 246 g/mol. The Morgan fingerprint density at radius 1 is 1.44 bits per heavy atom. The molecule has 0 saturated carbocycles. The highest BCUT2D eigenvalue weighted by atomic mass is 16.2. The van der Waals surface area contributed by atoms with Gasteiger partial charge in [0.1, 0.15) is 0 Å². The van der Waals surface area contributed by atoms with Gasteiger partial charge in [-0.25, -0.2) is 0 Å². The van der Waals surface area contributed by atoms with Gasteiger partial charge in [0.25, 0.3) is 0 Å². The maximum atomic E-state index is 12.2. The number of benzene rings is 1. The van der Waals surface area contributed by atoms with Gasteiger partial charge in [-0.2, -0.15) is 0 Å². The number of aryl methyl sites for hydroxylation is 1. The van der Waals surface area contributed by atoms with Crippen LogP contribution in [0.15, 0.2) is 24.3 Å². The fraction of sp³-hybridized carbons (Fsp3) is 0.533. The molecular weight excluding hydrogens is 224 g/mol. The van der Waals surface area contributed by atoms with Crippen LogP contribution >= 0.6 is 0 Å². The van der Waals surface area contributed by atoms with Gasteiger partial charge in [-0.15, -0.1) is 0 Å². The first-order chi connectivity index (χ1) is 8.56. The zero-order chi connectivity index (χ0) is 13.1. The summed E-state index contributed by atoms with van der Waals surface area (Å²) in [6, 6.07) is 8.36. The molecule has 1 saturated heterocycles. The molecule has 2 N–H and O–H groups in total. The van der Waals surface area contributed by atoms with Gasteiger partial charge in [-0.3, -0.25) is 4.79 Å².